The molecule has 1 amide bonds. The van der Waals surface area contributed by atoms with E-state index in [1.54, 1.807) is 4.90 Å². The van der Waals surface area contributed by atoms with Crippen LogP contribution in [0.2, 0.25) is 0 Å². The van der Waals surface area contributed by atoms with E-state index in [0.717, 1.165) is 25.7 Å². The van der Waals surface area contributed by atoms with Gasteiger partial charge in [-0.1, -0.05) is 19.3 Å². The summed E-state index contributed by atoms with van der Waals surface area (Å²) in [4.78, 5) is 15.5. The lowest BCUT2D eigenvalue weighted by atomic mass is 9.71. The molecule has 0 spiro atoms. The van der Waals surface area contributed by atoms with Gasteiger partial charge in [-0.15, -0.1) is 24.8 Å². The van der Waals surface area contributed by atoms with Crippen LogP contribution in [0.1, 0.15) is 38.5 Å². The molecule has 2 N–H and O–H groups in total. The molecule has 1 aliphatic carbocycles. The van der Waals surface area contributed by atoms with Crippen LogP contribution in [0, 0.1) is 5.41 Å². The van der Waals surface area contributed by atoms with E-state index in [2.05, 4.69) is 0 Å². The summed E-state index contributed by atoms with van der Waals surface area (Å²) in [5, 5.41) is 0. The van der Waals surface area contributed by atoms with Gasteiger partial charge in [0.25, 0.3) is 0 Å². The third-order valence-electron chi connectivity index (χ3n) is 5.35. The molecule has 2 fully saturated rings. The van der Waals surface area contributed by atoms with Crippen molar-refractivity contribution in [3.63, 3.8) is 0 Å². The second-order valence-electron chi connectivity index (χ2n) is 7.16. The topological polar surface area (TPSA) is 49.6 Å². The molecule has 26 heavy (non-hydrogen) atoms. The Morgan fingerprint density at radius 2 is 1.58 bits per heavy atom. The molecule has 0 bridgehead atoms. The van der Waals surface area contributed by atoms with Crippen molar-refractivity contribution in [1.29, 1.82) is 0 Å². The van der Waals surface area contributed by atoms with Crippen LogP contribution < -0.4 is 5.73 Å². The molecule has 1 saturated carbocycles. The van der Waals surface area contributed by atoms with E-state index >= 15 is 0 Å². The average molecular weight is 426 g/mol. The van der Waals surface area contributed by atoms with Crippen molar-refractivity contribution in [3.8, 4) is 0 Å². The number of hydrogen-bond donors (Lipinski definition) is 1. The first-order valence-corrected chi connectivity index (χ1v) is 8.64. The molecule has 2 rings (SSSR count). The number of carbonyl (C=O) groups is 1. The predicted octanol–water partition coefficient (Wildman–Crippen LogP) is 3.17. The second kappa shape index (κ2) is 10.9. The molecular weight excluding hydrogens is 397 g/mol. The van der Waals surface area contributed by atoms with Crippen LogP contribution in [-0.4, -0.2) is 67.3 Å². The van der Waals surface area contributed by atoms with E-state index in [4.69, 9.17) is 5.73 Å². The summed E-state index contributed by atoms with van der Waals surface area (Å²) in [6, 6.07) is 0. The first-order valence-electron chi connectivity index (χ1n) is 8.64. The molecule has 0 unspecified atom stereocenters. The SMILES string of the molecule is Cl.Cl.NCC1(CC(=O)N2CCN(CC(F)(F)C(F)F)CC2)CCCCC1. The third-order valence-corrected chi connectivity index (χ3v) is 5.35. The van der Waals surface area contributed by atoms with Gasteiger partial charge in [0.1, 0.15) is 0 Å². The molecule has 4 nitrogen and oxygen atoms in total. The van der Waals surface area contributed by atoms with Gasteiger partial charge in [-0.25, -0.2) is 8.78 Å². The molecule has 0 aromatic rings. The van der Waals surface area contributed by atoms with Crippen molar-refractivity contribution < 1.29 is 22.4 Å². The molecule has 0 radical (unpaired) electrons. The molecular formula is C16H29Cl2F4N3O. The molecule has 1 aliphatic heterocycles. The Bertz CT molecular complexity index is 430. The lowest BCUT2D eigenvalue weighted by Crippen LogP contribution is -2.53. The van der Waals surface area contributed by atoms with E-state index in [9.17, 15) is 22.4 Å². The number of rotatable bonds is 6. The fraction of sp³-hybridized carbons (Fsp3) is 0.938. The first kappa shape index (κ1) is 25.7. The van der Waals surface area contributed by atoms with Crippen molar-refractivity contribution >= 4 is 30.7 Å². The molecule has 0 aromatic carbocycles. The number of piperazine rings is 1. The Hall–Kier alpha value is -0.310. The zero-order valence-corrected chi connectivity index (χ0v) is 16.4. The summed E-state index contributed by atoms with van der Waals surface area (Å²) in [7, 11) is 0. The van der Waals surface area contributed by atoms with Gasteiger partial charge < -0.3 is 10.6 Å². The van der Waals surface area contributed by atoms with Crippen LogP contribution in [0.15, 0.2) is 0 Å². The highest BCUT2D eigenvalue weighted by Crippen LogP contribution is 2.38. The van der Waals surface area contributed by atoms with Crippen LogP contribution >= 0.6 is 24.8 Å². The quantitative estimate of drug-likeness (QED) is 0.664. The monoisotopic (exact) mass is 425 g/mol. The zero-order chi connectivity index (χ0) is 17.8. The number of nitrogens with two attached hydrogens (primary N) is 1. The Labute approximate surface area is 164 Å². The van der Waals surface area contributed by atoms with Gasteiger partial charge in [-0.3, -0.25) is 9.69 Å². The van der Waals surface area contributed by atoms with Gasteiger partial charge in [0.05, 0.1) is 6.54 Å². The van der Waals surface area contributed by atoms with Crippen molar-refractivity contribution in [2.45, 2.75) is 50.9 Å². The maximum absolute atomic E-state index is 13.1. The molecule has 1 heterocycles. The second-order valence-corrected chi connectivity index (χ2v) is 7.16. The van der Waals surface area contributed by atoms with Gasteiger partial charge in [-0.2, -0.15) is 8.78 Å². The normalized spacial score (nSPS) is 21.1. The van der Waals surface area contributed by atoms with Crippen LogP contribution in [0.4, 0.5) is 17.6 Å². The molecule has 0 aromatic heterocycles. The average Bonchev–Trinajstić information content (AvgIpc) is 2.56. The largest absolute Gasteiger partial charge is 0.340 e. The van der Waals surface area contributed by atoms with E-state index < -0.39 is 18.9 Å². The Morgan fingerprint density at radius 3 is 2.04 bits per heavy atom. The number of amides is 1. The fourth-order valence-electron chi connectivity index (χ4n) is 3.71. The fourth-order valence-corrected chi connectivity index (χ4v) is 3.71. The van der Waals surface area contributed by atoms with Gasteiger partial charge in [0, 0.05) is 32.6 Å². The van der Waals surface area contributed by atoms with Crippen molar-refractivity contribution in [2.75, 3.05) is 39.3 Å². The standard InChI is InChI=1S/C16H27F4N3O.2ClH/c17-14(18)16(19,20)12-22-6-8-23(9-7-22)13(24)10-15(11-21)4-2-1-3-5-15;;/h14H,1-12,21H2;2*1H. The highest BCUT2D eigenvalue weighted by Gasteiger charge is 2.43. The minimum absolute atomic E-state index is 0. The molecule has 156 valence electrons. The smallest absolute Gasteiger partial charge is 0.319 e. The summed E-state index contributed by atoms with van der Waals surface area (Å²) in [6.45, 7) is 0.531. The summed E-state index contributed by atoms with van der Waals surface area (Å²) in [6.07, 6.45) is 1.99. The number of alkyl halides is 4. The third kappa shape index (κ3) is 6.69. The van der Waals surface area contributed by atoms with Gasteiger partial charge >= 0.3 is 12.3 Å². The number of halogens is 6. The van der Waals surface area contributed by atoms with Crippen molar-refractivity contribution in [3.05, 3.63) is 0 Å². The lowest BCUT2D eigenvalue weighted by molar-refractivity contribution is -0.149. The Morgan fingerprint density at radius 1 is 1.04 bits per heavy atom. The van der Waals surface area contributed by atoms with Crippen LogP contribution in [0.5, 0.6) is 0 Å². The molecule has 2 aliphatic rings. The highest BCUT2D eigenvalue weighted by atomic mass is 35.5. The predicted molar refractivity (Wildman–Crippen MR) is 97.7 cm³/mol. The molecule has 0 atom stereocenters. The summed E-state index contributed by atoms with van der Waals surface area (Å²) in [5.41, 5.74) is 5.77. The molecule has 1 saturated heterocycles. The van der Waals surface area contributed by atoms with Crippen molar-refractivity contribution in [1.82, 2.24) is 9.80 Å². The van der Waals surface area contributed by atoms with Gasteiger partial charge in [-0.05, 0) is 24.8 Å². The summed E-state index contributed by atoms with van der Waals surface area (Å²) in [5.74, 6) is -4.00. The summed E-state index contributed by atoms with van der Waals surface area (Å²) >= 11 is 0. The van der Waals surface area contributed by atoms with Gasteiger partial charge in [0.15, 0.2) is 0 Å². The van der Waals surface area contributed by atoms with Crippen LogP contribution in [-0.2, 0) is 4.79 Å². The number of hydrogen-bond acceptors (Lipinski definition) is 3. The zero-order valence-electron chi connectivity index (χ0n) is 14.8. The van der Waals surface area contributed by atoms with Crippen molar-refractivity contribution in [2.24, 2.45) is 11.1 Å². The van der Waals surface area contributed by atoms with E-state index in [1.807, 2.05) is 0 Å². The first-order chi connectivity index (χ1) is 11.3. The highest BCUT2D eigenvalue weighted by molar-refractivity contribution is 5.85. The maximum atomic E-state index is 13.1. The van der Waals surface area contributed by atoms with Gasteiger partial charge in [0.2, 0.25) is 5.91 Å². The minimum atomic E-state index is -4.00. The van der Waals surface area contributed by atoms with Crippen LogP contribution in [0.25, 0.3) is 0 Å². The summed E-state index contributed by atoms with van der Waals surface area (Å²) < 4.78 is 50.7. The Balaban J connectivity index is 0.00000312. The minimum Gasteiger partial charge on any atom is -0.340 e. The van der Waals surface area contributed by atoms with E-state index in [-0.39, 0.29) is 49.2 Å². The van der Waals surface area contributed by atoms with E-state index in [1.165, 1.54) is 11.3 Å². The van der Waals surface area contributed by atoms with E-state index in [0.29, 0.717) is 26.1 Å². The number of nitrogens with zero attached hydrogens (tertiary/aromatic N) is 2. The number of carbonyl (C=O) groups excluding carboxylic acids is 1. The lowest BCUT2D eigenvalue weighted by Gasteiger charge is -2.40. The Kier molecular flexibility index (Phi) is 10.7. The maximum Gasteiger partial charge on any atom is 0.319 e. The molecule has 10 heteroatoms. The van der Waals surface area contributed by atoms with Crippen LogP contribution in [0.3, 0.4) is 0 Å².